The summed E-state index contributed by atoms with van der Waals surface area (Å²) in [5.41, 5.74) is 4.91. The summed E-state index contributed by atoms with van der Waals surface area (Å²) < 4.78 is 15.6. The van der Waals surface area contributed by atoms with E-state index in [1.807, 2.05) is 36.4 Å². The second-order valence-electron chi connectivity index (χ2n) is 8.97. The fourth-order valence-electron chi connectivity index (χ4n) is 4.73. The number of H-pyrrole nitrogens is 1. The van der Waals surface area contributed by atoms with Gasteiger partial charge in [-0.05, 0) is 42.3 Å². The molecule has 0 saturated carbocycles. The zero-order valence-electron chi connectivity index (χ0n) is 19.3. The Morgan fingerprint density at radius 2 is 1.91 bits per heavy atom. The zero-order valence-corrected chi connectivity index (χ0v) is 19.3. The van der Waals surface area contributed by atoms with Gasteiger partial charge in [0.25, 0.3) is 0 Å². The molecule has 1 aliphatic heterocycles. The summed E-state index contributed by atoms with van der Waals surface area (Å²) in [4.78, 5) is 19.2. The fourth-order valence-corrected chi connectivity index (χ4v) is 4.73. The predicted octanol–water partition coefficient (Wildman–Crippen LogP) is 4.09. The molecule has 0 aliphatic carbocycles. The Bertz CT molecular complexity index is 1410. The van der Waals surface area contributed by atoms with Gasteiger partial charge in [0.2, 0.25) is 11.9 Å². The largest absolute Gasteiger partial charge is 0.355 e. The van der Waals surface area contributed by atoms with Gasteiger partial charge < -0.3 is 20.2 Å². The van der Waals surface area contributed by atoms with Crippen molar-refractivity contribution in [1.29, 1.82) is 0 Å². The summed E-state index contributed by atoms with van der Waals surface area (Å²) in [6, 6.07) is 17.0. The highest BCUT2D eigenvalue weighted by Crippen LogP contribution is 2.24. The van der Waals surface area contributed by atoms with Gasteiger partial charge in [0.15, 0.2) is 0 Å². The summed E-state index contributed by atoms with van der Waals surface area (Å²) in [5, 5.41) is 7.06. The number of aromatic nitrogens is 5. The first kappa shape index (κ1) is 21.5. The van der Waals surface area contributed by atoms with E-state index in [1.165, 1.54) is 12.1 Å². The molecular weight excluding hydrogens is 443 g/mol. The molecule has 1 atom stereocenters. The highest BCUT2D eigenvalue weighted by molar-refractivity contribution is 5.79. The van der Waals surface area contributed by atoms with Crippen molar-refractivity contribution in [3.63, 3.8) is 0 Å². The van der Waals surface area contributed by atoms with Crippen LogP contribution in [0.1, 0.15) is 12.0 Å². The van der Waals surface area contributed by atoms with Crippen molar-refractivity contribution in [3.05, 3.63) is 78.4 Å². The maximum Gasteiger partial charge on any atom is 0.204 e. The molecule has 0 radical (unpaired) electrons. The van der Waals surface area contributed by atoms with Crippen molar-refractivity contribution in [1.82, 2.24) is 29.4 Å². The SMILES string of the molecule is Fc1ccc(Cn2c(NC3CCN(CCNc4nc5ccncc5[nH]4)C3)nc3ccccc32)cc1. The number of imidazole rings is 2. The Labute approximate surface area is 202 Å². The molecule has 8 nitrogen and oxygen atoms in total. The Morgan fingerprint density at radius 1 is 1.03 bits per heavy atom. The molecule has 5 aromatic rings. The topological polar surface area (TPSA) is 86.7 Å². The number of anilines is 2. The number of fused-ring (bicyclic) bond motifs is 2. The fraction of sp³-hybridized carbons (Fsp3) is 0.269. The molecule has 9 heteroatoms. The monoisotopic (exact) mass is 470 g/mol. The number of likely N-dealkylation sites (tertiary alicyclic amines) is 1. The van der Waals surface area contributed by atoms with Crippen molar-refractivity contribution in [2.24, 2.45) is 0 Å². The van der Waals surface area contributed by atoms with E-state index >= 15 is 0 Å². The summed E-state index contributed by atoms with van der Waals surface area (Å²) in [6.07, 6.45) is 4.59. The molecule has 2 aromatic carbocycles. The van der Waals surface area contributed by atoms with Gasteiger partial charge in [-0.25, -0.2) is 14.4 Å². The van der Waals surface area contributed by atoms with Crippen molar-refractivity contribution >= 4 is 34.0 Å². The van der Waals surface area contributed by atoms with Gasteiger partial charge in [0.05, 0.1) is 34.8 Å². The first-order valence-corrected chi connectivity index (χ1v) is 11.9. The Morgan fingerprint density at radius 3 is 2.80 bits per heavy atom. The van der Waals surface area contributed by atoms with Gasteiger partial charge >= 0.3 is 0 Å². The number of pyridine rings is 1. The van der Waals surface area contributed by atoms with Crippen LogP contribution >= 0.6 is 0 Å². The van der Waals surface area contributed by atoms with Crippen molar-refractivity contribution in [2.45, 2.75) is 19.0 Å². The van der Waals surface area contributed by atoms with Crippen LogP contribution in [0.3, 0.4) is 0 Å². The number of para-hydroxylation sites is 2. The molecule has 35 heavy (non-hydrogen) atoms. The Balaban J connectivity index is 1.09. The molecule has 0 spiro atoms. The summed E-state index contributed by atoms with van der Waals surface area (Å²) in [7, 11) is 0. The minimum absolute atomic E-state index is 0.222. The lowest BCUT2D eigenvalue weighted by atomic mass is 10.2. The normalized spacial score (nSPS) is 16.3. The quantitative estimate of drug-likeness (QED) is 0.317. The number of nitrogens with zero attached hydrogens (tertiary/aromatic N) is 5. The van der Waals surface area contributed by atoms with E-state index in [1.54, 1.807) is 12.4 Å². The van der Waals surface area contributed by atoms with Crippen LogP contribution in [0.25, 0.3) is 22.1 Å². The van der Waals surface area contributed by atoms with Crippen LogP contribution in [0.15, 0.2) is 67.0 Å². The van der Waals surface area contributed by atoms with Crippen LogP contribution < -0.4 is 10.6 Å². The minimum atomic E-state index is -0.222. The van der Waals surface area contributed by atoms with E-state index < -0.39 is 0 Å². The molecule has 1 unspecified atom stereocenters. The van der Waals surface area contributed by atoms with Crippen molar-refractivity contribution in [3.8, 4) is 0 Å². The molecule has 1 fully saturated rings. The lowest BCUT2D eigenvalue weighted by Gasteiger charge is -2.18. The van der Waals surface area contributed by atoms with Crippen LogP contribution in [0.5, 0.6) is 0 Å². The zero-order chi connectivity index (χ0) is 23.6. The molecule has 3 N–H and O–H groups in total. The van der Waals surface area contributed by atoms with E-state index in [2.05, 4.69) is 41.1 Å². The predicted molar refractivity (Wildman–Crippen MR) is 136 cm³/mol. The van der Waals surface area contributed by atoms with E-state index in [4.69, 9.17) is 4.98 Å². The van der Waals surface area contributed by atoms with Crippen LogP contribution in [-0.2, 0) is 6.54 Å². The van der Waals surface area contributed by atoms with Gasteiger partial charge in [-0.1, -0.05) is 24.3 Å². The van der Waals surface area contributed by atoms with E-state index in [0.717, 1.165) is 72.1 Å². The molecule has 1 aliphatic rings. The third-order valence-electron chi connectivity index (χ3n) is 6.52. The molecular formula is C26H27FN8. The van der Waals surface area contributed by atoms with Crippen molar-refractivity contribution in [2.75, 3.05) is 36.8 Å². The Kier molecular flexibility index (Phi) is 5.75. The maximum absolute atomic E-state index is 13.4. The lowest BCUT2D eigenvalue weighted by molar-refractivity contribution is 0.349. The average molecular weight is 471 g/mol. The molecule has 178 valence electrons. The lowest BCUT2D eigenvalue weighted by Crippen LogP contribution is -2.30. The third kappa shape index (κ3) is 4.67. The minimum Gasteiger partial charge on any atom is -0.355 e. The highest BCUT2D eigenvalue weighted by atomic mass is 19.1. The number of aromatic amines is 1. The first-order chi connectivity index (χ1) is 17.2. The number of rotatable bonds is 8. The third-order valence-corrected chi connectivity index (χ3v) is 6.52. The van der Waals surface area contributed by atoms with Gasteiger partial charge in [0.1, 0.15) is 5.82 Å². The second-order valence-corrected chi connectivity index (χ2v) is 8.97. The molecule has 6 rings (SSSR count). The van der Waals surface area contributed by atoms with E-state index in [-0.39, 0.29) is 5.82 Å². The van der Waals surface area contributed by atoms with Crippen LogP contribution in [-0.4, -0.2) is 61.6 Å². The smallest absolute Gasteiger partial charge is 0.204 e. The standard InChI is InChI=1S/C26H27FN8/c27-19-7-5-18(6-8-19)16-35-24-4-2-1-3-22(24)33-26(35)30-20-10-13-34(17-20)14-12-29-25-31-21-9-11-28-15-23(21)32-25/h1-9,11,15,20H,10,12-14,16-17H2,(H,30,33)(H2,29,31,32). The van der Waals surface area contributed by atoms with Gasteiger partial charge in [-0.2, -0.15) is 0 Å². The van der Waals surface area contributed by atoms with Crippen LogP contribution in [0, 0.1) is 5.82 Å². The summed E-state index contributed by atoms with van der Waals surface area (Å²) in [6.45, 7) is 4.35. The molecule has 0 bridgehead atoms. The van der Waals surface area contributed by atoms with Crippen LogP contribution in [0.4, 0.5) is 16.3 Å². The molecule has 1 saturated heterocycles. The van der Waals surface area contributed by atoms with Gasteiger partial charge in [-0.3, -0.25) is 9.88 Å². The summed E-state index contributed by atoms with van der Waals surface area (Å²) >= 11 is 0. The van der Waals surface area contributed by atoms with Crippen molar-refractivity contribution < 1.29 is 4.39 Å². The maximum atomic E-state index is 13.4. The summed E-state index contributed by atoms with van der Waals surface area (Å²) in [5.74, 6) is 1.41. The molecule has 0 amide bonds. The van der Waals surface area contributed by atoms with Gasteiger partial charge in [0, 0.05) is 38.4 Å². The van der Waals surface area contributed by atoms with Gasteiger partial charge in [-0.15, -0.1) is 0 Å². The van der Waals surface area contributed by atoms with E-state index in [9.17, 15) is 4.39 Å². The highest BCUT2D eigenvalue weighted by Gasteiger charge is 2.24. The molecule has 3 aromatic heterocycles. The number of nitrogens with one attached hydrogen (secondary N) is 3. The number of benzene rings is 2. The Hall–Kier alpha value is -3.98. The van der Waals surface area contributed by atoms with Crippen LogP contribution in [0.2, 0.25) is 0 Å². The first-order valence-electron chi connectivity index (χ1n) is 11.9. The molecule has 4 heterocycles. The second kappa shape index (κ2) is 9.34. The average Bonchev–Trinajstić information content (AvgIpc) is 3.58. The number of hydrogen-bond acceptors (Lipinski definition) is 6. The van der Waals surface area contributed by atoms with E-state index in [0.29, 0.717) is 12.6 Å². The number of halogens is 1. The number of hydrogen-bond donors (Lipinski definition) is 3.